The number of nitrogens with zero attached hydrogens (tertiary/aromatic N) is 1. The fourth-order valence-corrected chi connectivity index (χ4v) is 1.47. The summed E-state index contributed by atoms with van der Waals surface area (Å²) in [5.74, 6) is 0.996. The Morgan fingerprint density at radius 3 is 3.00 bits per heavy atom. The van der Waals surface area contributed by atoms with Crippen molar-refractivity contribution in [2.24, 2.45) is 0 Å². The van der Waals surface area contributed by atoms with E-state index in [4.69, 9.17) is 0 Å². The van der Waals surface area contributed by atoms with E-state index in [1.165, 1.54) is 0 Å². The van der Waals surface area contributed by atoms with Crippen molar-refractivity contribution in [3.8, 4) is 0 Å². The Kier molecular flexibility index (Phi) is 4.40. The summed E-state index contributed by atoms with van der Waals surface area (Å²) in [6, 6.07) is 0.776. The van der Waals surface area contributed by atoms with Crippen LogP contribution < -0.4 is 5.32 Å². The van der Waals surface area contributed by atoms with E-state index in [-0.39, 0.29) is 6.04 Å². The van der Waals surface area contributed by atoms with Crippen LogP contribution in [0, 0.1) is 0 Å². The molecule has 2 N–H and O–H groups in total. The number of imidazole rings is 1. The van der Waals surface area contributed by atoms with Crippen LogP contribution in [0.5, 0.6) is 0 Å². The second-order valence-corrected chi connectivity index (χ2v) is 3.63. The lowest BCUT2D eigenvalue weighted by atomic mass is 10.1. The van der Waals surface area contributed by atoms with Gasteiger partial charge in [0.05, 0.1) is 6.04 Å². The lowest BCUT2D eigenvalue weighted by molar-refractivity contribution is 0.447. The van der Waals surface area contributed by atoms with Gasteiger partial charge in [0.1, 0.15) is 5.82 Å². The normalized spacial score (nSPS) is 15.0. The molecule has 0 aliphatic rings. The zero-order valence-electron chi connectivity index (χ0n) is 8.96. The molecule has 0 aliphatic heterocycles. The molecule has 0 radical (unpaired) electrons. The molecule has 0 aliphatic carbocycles. The van der Waals surface area contributed by atoms with E-state index in [0.29, 0.717) is 6.04 Å². The summed E-state index contributed by atoms with van der Waals surface area (Å²) in [4.78, 5) is 7.32. The van der Waals surface area contributed by atoms with Gasteiger partial charge in [-0.25, -0.2) is 4.98 Å². The second-order valence-electron chi connectivity index (χ2n) is 3.63. The van der Waals surface area contributed by atoms with Gasteiger partial charge in [-0.3, -0.25) is 0 Å². The number of allylic oxidation sites excluding steroid dienone is 1. The summed E-state index contributed by atoms with van der Waals surface area (Å²) in [6.45, 7) is 8.01. The average Bonchev–Trinajstić information content (AvgIpc) is 2.67. The monoisotopic (exact) mass is 193 g/mol. The maximum absolute atomic E-state index is 4.21. The first-order valence-corrected chi connectivity index (χ1v) is 5.10. The fraction of sp³-hybridized carbons (Fsp3) is 0.545. The molecule has 14 heavy (non-hydrogen) atoms. The minimum absolute atomic E-state index is 0.282. The molecule has 3 nitrogen and oxygen atoms in total. The first kappa shape index (κ1) is 11.0. The molecule has 1 aromatic heterocycles. The Labute approximate surface area is 85.6 Å². The van der Waals surface area contributed by atoms with Crippen molar-refractivity contribution in [2.45, 2.75) is 38.8 Å². The van der Waals surface area contributed by atoms with Gasteiger partial charge in [0.15, 0.2) is 0 Å². The topological polar surface area (TPSA) is 40.7 Å². The summed E-state index contributed by atoms with van der Waals surface area (Å²) in [6.07, 6.45) is 7.76. The second kappa shape index (κ2) is 5.60. The van der Waals surface area contributed by atoms with E-state index in [9.17, 15) is 0 Å². The minimum Gasteiger partial charge on any atom is -0.347 e. The predicted octanol–water partition coefficient (Wildman–Crippen LogP) is 2.42. The van der Waals surface area contributed by atoms with Gasteiger partial charge in [-0.1, -0.05) is 6.08 Å². The van der Waals surface area contributed by atoms with E-state index in [1.54, 1.807) is 6.20 Å². The van der Waals surface area contributed by atoms with Crippen LogP contribution in [-0.2, 0) is 0 Å². The van der Waals surface area contributed by atoms with Gasteiger partial charge in [0, 0.05) is 18.4 Å². The smallest absolute Gasteiger partial charge is 0.122 e. The van der Waals surface area contributed by atoms with Gasteiger partial charge >= 0.3 is 0 Å². The van der Waals surface area contributed by atoms with Crippen LogP contribution in [-0.4, -0.2) is 16.0 Å². The minimum atomic E-state index is 0.282. The highest BCUT2D eigenvalue weighted by Crippen LogP contribution is 2.08. The molecule has 0 amide bonds. The Bertz CT molecular complexity index is 254. The van der Waals surface area contributed by atoms with Gasteiger partial charge in [0.25, 0.3) is 0 Å². The highest BCUT2D eigenvalue weighted by Gasteiger charge is 2.09. The molecule has 0 aromatic carbocycles. The van der Waals surface area contributed by atoms with Gasteiger partial charge < -0.3 is 10.3 Å². The zero-order valence-corrected chi connectivity index (χ0v) is 8.96. The zero-order chi connectivity index (χ0) is 10.4. The van der Waals surface area contributed by atoms with E-state index < -0.39 is 0 Å². The lowest BCUT2D eigenvalue weighted by Gasteiger charge is -2.17. The number of hydrogen-bond acceptors (Lipinski definition) is 2. The molecule has 0 saturated heterocycles. The van der Waals surface area contributed by atoms with Crippen molar-refractivity contribution < 1.29 is 0 Å². The average molecular weight is 193 g/mol. The molecule has 3 heteroatoms. The van der Waals surface area contributed by atoms with E-state index in [0.717, 1.165) is 18.7 Å². The molecular formula is C11H19N3. The third kappa shape index (κ3) is 3.34. The van der Waals surface area contributed by atoms with Crippen LogP contribution in [0.25, 0.3) is 0 Å². The van der Waals surface area contributed by atoms with Crippen molar-refractivity contribution in [3.63, 3.8) is 0 Å². The van der Waals surface area contributed by atoms with Crippen LogP contribution in [0.2, 0.25) is 0 Å². The van der Waals surface area contributed by atoms with E-state index in [2.05, 4.69) is 35.7 Å². The van der Waals surface area contributed by atoms with Crippen molar-refractivity contribution in [1.29, 1.82) is 0 Å². The number of hydrogen-bond donors (Lipinski definition) is 2. The Morgan fingerprint density at radius 2 is 2.43 bits per heavy atom. The van der Waals surface area contributed by atoms with Gasteiger partial charge in [-0.2, -0.15) is 0 Å². The molecule has 2 atom stereocenters. The van der Waals surface area contributed by atoms with Crippen molar-refractivity contribution in [2.75, 3.05) is 0 Å². The van der Waals surface area contributed by atoms with Gasteiger partial charge in [-0.15, -0.1) is 6.58 Å². The third-order valence-electron chi connectivity index (χ3n) is 2.27. The molecule has 0 saturated carbocycles. The van der Waals surface area contributed by atoms with E-state index in [1.807, 2.05) is 12.3 Å². The number of aromatic nitrogens is 2. The standard InChI is InChI=1S/C11H19N3/c1-4-5-6-9(2)14-10(3)11-12-7-8-13-11/h4,7-10,14H,1,5-6H2,2-3H3,(H,12,13). The van der Waals surface area contributed by atoms with Crippen LogP contribution in [0.4, 0.5) is 0 Å². The summed E-state index contributed by atoms with van der Waals surface area (Å²) in [7, 11) is 0. The van der Waals surface area contributed by atoms with Gasteiger partial charge in [0.2, 0.25) is 0 Å². The molecule has 0 fully saturated rings. The predicted molar refractivity (Wildman–Crippen MR) is 59.0 cm³/mol. The maximum Gasteiger partial charge on any atom is 0.122 e. The Hall–Kier alpha value is -1.09. The number of rotatable bonds is 6. The fourth-order valence-electron chi connectivity index (χ4n) is 1.47. The van der Waals surface area contributed by atoms with Crippen LogP contribution >= 0.6 is 0 Å². The van der Waals surface area contributed by atoms with Gasteiger partial charge in [-0.05, 0) is 26.7 Å². The SMILES string of the molecule is C=CCCC(C)NC(C)c1ncc[nH]1. The number of H-pyrrole nitrogens is 1. The molecule has 2 unspecified atom stereocenters. The first-order valence-electron chi connectivity index (χ1n) is 5.10. The first-order chi connectivity index (χ1) is 6.74. The van der Waals surface area contributed by atoms with Crippen molar-refractivity contribution in [3.05, 3.63) is 30.9 Å². The number of aromatic amines is 1. The molecule has 0 spiro atoms. The van der Waals surface area contributed by atoms with E-state index >= 15 is 0 Å². The molecule has 0 bridgehead atoms. The lowest BCUT2D eigenvalue weighted by Crippen LogP contribution is -2.29. The third-order valence-corrected chi connectivity index (χ3v) is 2.27. The summed E-state index contributed by atoms with van der Waals surface area (Å²) >= 11 is 0. The summed E-state index contributed by atoms with van der Waals surface area (Å²) in [5.41, 5.74) is 0. The Morgan fingerprint density at radius 1 is 1.64 bits per heavy atom. The van der Waals surface area contributed by atoms with Crippen molar-refractivity contribution >= 4 is 0 Å². The molecule has 1 heterocycles. The highest BCUT2D eigenvalue weighted by atomic mass is 15.0. The summed E-state index contributed by atoms with van der Waals surface area (Å²) < 4.78 is 0. The van der Waals surface area contributed by atoms with Crippen molar-refractivity contribution in [1.82, 2.24) is 15.3 Å². The molecular weight excluding hydrogens is 174 g/mol. The highest BCUT2D eigenvalue weighted by molar-refractivity contribution is 4.94. The van der Waals surface area contributed by atoms with Crippen LogP contribution in [0.15, 0.2) is 25.0 Å². The van der Waals surface area contributed by atoms with Crippen LogP contribution in [0.1, 0.15) is 38.6 Å². The maximum atomic E-state index is 4.21. The quantitative estimate of drug-likeness (QED) is 0.681. The Balaban J connectivity index is 2.33. The molecule has 1 rings (SSSR count). The molecule has 78 valence electrons. The van der Waals surface area contributed by atoms with Crippen LogP contribution in [0.3, 0.4) is 0 Å². The molecule has 1 aromatic rings. The largest absolute Gasteiger partial charge is 0.347 e. The number of nitrogens with one attached hydrogen (secondary N) is 2. The summed E-state index contributed by atoms with van der Waals surface area (Å²) in [5, 5.41) is 3.48.